The Morgan fingerprint density at radius 3 is 2.89 bits per heavy atom. The van der Waals surface area contributed by atoms with E-state index < -0.39 is 0 Å². The van der Waals surface area contributed by atoms with E-state index in [2.05, 4.69) is 32.4 Å². The Morgan fingerprint density at radius 1 is 1.37 bits per heavy atom. The highest BCUT2D eigenvalue weighted by Crippen LogP contribution is 2.16. The van der Waals surface area contributed by atoms with Crippen LogP contribution >= 0.6 is 24.0 Å². The van der Waals surface area contributed by atoms with Crippen LogP contribution in [0.15, 0.2) is 41.9 Å². The minimum atomic E-state index is -0.269. The number of hydrogen-bond acceptors (Lipinski definition) is 3. The third kappa shape index (κ3) is 5.65. The van der Waals surface area contributed by atoms with Gasteiger partial charge in [0.05, 0.1) is 12.0 Å². The van der Waals surface area contributed by atoms with Gasteiger partial charge in [-0.25, -0.2) is 9.37 Å². The number of benzene rings is 1. The summed E-state index contributed by atoms with van der Waals surface area (Å²) in [6.45, 7) is 5.86. The number of imidazole rings is 1. The molecule has 1 atom stereocenters. The standard InChI is InChI=1S/C19H27FN6.HI/c1-3-25-9-4-5-16(25)13-24-19(21-2)23-12-15-6-7-18(17(20)11-15)26-10-8-22-14-26;/h6-8,10-11,14,16H,3-5,9,12-13H2,1-2H3,(H2,21,23,24);1H. The molecule has 2 heterocycles. The van der Waals surface area contributed by atoms with Gasteiger partial charge < -0.3 is 15.2 Å². The molecule has 0 spiro atoms. The maximum Gasteiger partial charge on any atom is 0.191 e. The molecule has 1 fully saturated rings. The number of guanidine groups is 1. The summed E-state index contributed by atoms with van der Waals surface area (Å²) in [6.07, 6.45) is 7.43. The van der Waals surface area contributed by atoms with E-state index in [0.29, 0.717) is 18.3 Å². The van der Waals surface area contributed by atoms with Crippen molar-refractivity contribution in [3.8, 4) is 5.69 Å². The Hall–Kier alpha value is -1.68. The predicted octanol–water partition coefficient (Wildman–Crippen LogP) is 2.78. The van der Waals surface area contributed by atoms with E-state index in [1.807, 2.05) is 6.07 Å². The van der Waals surface area contributed by atoms with Crippen LogP contribution in [0.5, 0.6) is 0 Å². The first-order valence-electron chi connectivity index (χ1n) is 9.16. The lowest BCUT2D eigenvalue weighted by Crippen LogP contribution is -2.44. The molecule has 27 heavy (non-hydrogen) atoms. The van der Waals surface area contributed by atoms with Gasteiger partial charge in [0.2, 0.25) is 0 Å². The molecule has 1 unspecified atom stereocenters. The normalized spacial score (nSPS) is 17.6. The summed E-state index contributed by atoms with van der Waals surface area (Å²) in [4.78, 5) is 10.7. The summed E-state index contributed by atoms with van der Waals surface area (Å²) in [5.41, 5.74) is 1.36. The van der Waals surface area contributed by atoms with E-state index >= 15 is 0 Å². The SMILES string of the molecule is CCN1CCCC1CNC(=NC)NCc1ccc(-n2ccnc2)c(F)c1.I. The number of rotatable bonds is 6. The maximum atomic E-state index is 14.3. The van der Waals surface area contributed by atoms with E-state index in [9.17, 15) is 4.39 Å². The highest BCUT2D eigenvalue weighted by Gasteiger charge is 2.22. The number of nitrogens with zero attached hydrogens (tertiary/aromatic N) is 4. The van der Waals surface area contributed by atoms with Crippen molar-refractivity contribution in [1.29, 1.82) is 0 Å². The minimum Gasteiger partial charge on any atom is -0.355 e. The number of halogens is 2. The van der Waals surface area contributed by atoms with E-state index in [1.165, 1.54) is 19.4 Å². The predicted molar refractivity (Wildman–Crippen MR) is 117 cm³/mol. The molecule has 1 aliphatic heterocycles. The monoisotopic (exact) mass is 486 g/mol. The second-order valence-corrected chi connectivity index (χ2v) is 6.49. The van der Waals surface area contributed by atoms with Gasteiger partial charge in [0.25, 0.3) is 0 Å². The fraction of sp³-hybridized carbons (Fsp3) is 0.474. The molecule has 8 heteroatoms. The zero-order valence-electron chi connectivity index (χ0n) is 15.9. The maximum absolute atomic E-state index is 14.3. The van der Waals surface area contributed by atoms with Gasteiger partial charge in [0, 0.05) is 38.6 Å². The fourth-order valence-electron chi connectivity index (χ4n) is 3.43. The van der Waals surface area contributed by atoms with Gasteiger partial charge in [0.15, 0.2) is 5.96 Å². The number of nitrogens with one attached hydrogen (secondary N) is 2. The number of aliphatic imine (C=N–C) groups is 1. The van der Waals surface area contributed by atoms with Crippen molar-refractivity contribution in [2.24, 2.45) is 4.99 Å². The van der Waals surface area contributed by atoms with Gasteiger partial charge in [0.1, 0.15) is 5.82 Å². The van der Waals surface area contributed by atoms with Crippen LogP contribution in [-0.4, -0.2) is 53.1 Å². The third-order valence-electron chi connectivity index (χ3n) is 4.89. The zero-order valence-corrected chi connectivity index (χ0v) is 18.2. The Labute approximate surface area is 177 Å². The van der Waals surface area contributed by atoms with Crippen LogP contribution in [-0.2, 0) is 6.54 Å². The minimum absolute atomic E-state index is 0. The van der Waals surface area contributed by atoms with Crippen molar-refractivity contribution in [3.05, 3.63) is 48.3 Å². The van der Waals surface area contributed by atoms with Crippen LogP contribution in [0.1, 0.15) is 25.3 Å². The summed E-state index contributed by atoms with van der Waals surface area (Å²) >= 11 is 0. The molecule has 1 saturated heterocycles. The van der Waals surface area contributed by atoms with Gasteiger partial charge in [-0.15, -0.1) is 24.0 Å². The highest BCUT2D eigenvalue weighted by atomic mass is 127. The van der Waals surface area contributed by atoms with Crippen molar-refractivity contribution >= 4 is 29.9 Å². The molecule has 1 aromatic carbocycles. The van der Waals surface area contributed by atoms with Crippen molar-refractivity contribution < 1.29 is 4.39 Å². The average molecular weight is 486 g/mol. The first kappa shape index (κ1) is 21.6. The lowest BCUT2D eigenvalue weighted by molar-refractivity contribution is 0.267. The molecule has 0 bridgehead atoms. The summed E-state index contributed by atoms with van der Waals surface area (Å²) in [7, 11) is 1.75. The van der Waals surface area contributed by atoms with Crippen LogP contribution in [0.2, 0.25) is 0 Å². The Morgan fingerprint density at radius 2 is 2.22 bits per heavy atom. The van der Waals surface area contributed by atoms with E-state index in [-0.39, 0.29) is 29.8 Å². The molecule has 148 valence electrons. The summed E-state index contributed by atoms with van der Waals surface area (Å²) in [5.74, 6) is 0.474. The summed E-state index contributed by atoms with van der Waals surface area (Å²) < 4.78 is 16.0. The van der Waals surface area contributed by atoms with Crippen LogP contribution in [0.25, 0.3) is 5.69 Å². The van der Waals surface area contributed by atoms with Gasteiger partial charge in [-0.3, -0.25) is 9.89 Å². The molecule has 1 aliphatic rings. The molecule has 2 N–H and O–H groups in total. The number of hydrogen-bond donors (Lipinski definition) is 2. The summed E-state index contributed by atoms with van der Waals surface area (Å²) in [6, 6.07) is 5.78. The lowest BCUT2D eigenvalue weighted by Gasteiger charge is -2.24. The van der Waals surface area contributed by atoms with Gasteiger partial charge in [-0.05, 0) is 43.6 Å². The molecule has 0 aliphatic carbocycles. The van der Waals surface area contributed by atoms with Crippen molar-refractivity contribution in [2.75, 3.05) is 26.7 Å². The molecule has 2 aromatic rings. The first-order valence-corrected chi connectivity index (χ1v) is 9.16. The molecular weight excluding hydrogens is 458 g/mol. The van der Waals surface area contributed by atoms with E-state index in [4.69, 9.17) is 0 Å². The Kier molecular flexibility index (Phi) is 8.49. The number of likely N-dealkylation sites (N-methyl/N-ethyl adjacent to an activating group) is 1. The Balaban J connectivity index is 0.00000261. The van der Waals surface area contributed by atoms with Gasteiger partial charge in [-0.1, -0.05) is 13.0 Å². The van der Waals surface area contributed by atoms with Gasteiger partial charge in [-0.2, -0.15) is 0 Å². The number of likely N-dealkylation sites (tertiary alicyclic amines) is 1. The van der Waals surface area contributed by atoms with Crippen LogP contribution < -0.4 is 10.6 Å². The van der Waals surface area contributed by atoms with Crippen LogP contribution in [0, 0.1) is 5.82 Å². The zero-order chi connectivity index (χ0) is 18.4. The largest absolute Gasteiger partial charge is 0.355 e. The second kappa shape index (κ2) is 10.6. The fourth-order valence-corrected chi connectivity index (χ4v) is 3.43. The Bertz CT molecular complexity index is 734. The quantitative estimate of drug-likeness (QED) is 0.375. The molecule has 0 radical (unpaired) electrons. The molecular formula is C19H28FIN6. The third-order valence-corrected chi connectivity index (χ3v) is 4.89. The van der Waals surface area contributed by atoms with Crippen LogP contribution in [0.4, 0.5) is 4.39 Å². The first-order chi connectivity index (χ1) is 12.7. The van der Waals surface area contributed by atoms with Crippen molar-refractivity contribution in [3.63, 3.8) is 0 Å². The molecule has 6 nitrogen and oxygen atoms in total. The number of aromatic nitrogens is 2. The molecule has 1 aromatic heterocycles. The summed E-state index contributed by atoms with van der Waals surface area (Å²) in [5, 5.41) is 6.64. The average Bonchev–Trinajstić information content (AvgIpc) is 3.33. The van der Waals surface area contributed by atoms with E-state index in [0.717, 1.165) is 24.6 Å². The van der Waals surface area contributed by atoms with Gasteiger partial charge >= 0.3 is 0 Å². The topological polar surface area (TPSA) is 57.5 Å². The van der Waals surface area contributed by atoms with E-state index in [1.54, 1.807) is 42.5 Å². The molecule has 0 amide bonds. The van der Waals surface area contributed by atoms with Crippen molar-refractivity contribution in [1.82, 2.24) is 25.1 Å². The second-order valence-electron chi connectivity index (χ2n) is 6.49. The molecule has 3 rings (SSSR count). The lowest BCUT2D eigenvalue weighted by atomic mass is 10.2. The molecule has 0 saturated carbocycles. The highest BCUT2D eigenvalue weighted by molar-refractivity contribution is 14.0. The smallest absolute Gasteiger partial charge is 0.191 e. The van der Waals surface area contributed by atoms with Crippen LogP contribution in [0.3, 0.4) is 0 Å². The van der Waals surface area contributed by atoms with Crippen molar-refractivity contribution in [2.45, 2.75) is 32.4 Å².